The molecule has 0 aliphatic carbocycles. The molecule has 0 spiro atoms. The predicted octanol–water partition coefficient (Wildman–Crippen LogP) is 5.37. The lowest BCUT2D eigenvalue weighted by Gasteiger charge is -2.34. The van der Waals surface area contributed by atoms with E-state index in [2.05, 4.69) is 34.1 Å². The largest absolute Gasteiger partial charge is 0.339 e. The summed E-state index contributed by atoms with van der Waals surface area (Å²) in [5.74, 6) is 0.293. The van der Waals surface area contributed by atoms with Crippen LogP contribution in [0.25, 0.3) is 0 Å². The van der Waals surface area contributed by atoms with E-state index in [1.807, 2.05) is 59.2 Å². The Morgan fingerprint density at radius 1 is 0.853 bits per heavy atom. The van der Waals surface area contributed by atoms with E-state index in [1.54, 1.807) is 0 Å². The summed E-state index contributed by atoms with van der Waals surface area (Å²) in [6.45, 7) is 4.67. The summed E-state index contributed by atoms with van der Waals surface area (Å²) in [4.78, 5) is 35.2. The Labute approximate surface area is 208 Å². The van der Waals surface area contributed by atoms with Gasteiger partial charge in [0.1, 0.15) is 0 Å². The van der Waals surface area contributed by atoms with Crippen LogP contribution in [0.3, 0.4) is 0 Å². The number of hydrogen-bond acceptors (Lipinski definition) is 3. The normalized spacial score (nSPS) is 16.3. The molecule has 0 saturated carbocycles. The number of likely N-dealkylation sites (tertiary alicyclic amines) is 1. The van der Waals surface area contributed by atoms with E-state index in [-0.39, 0.29) is 17.7 Å². The van der Waals surface area contributed by atoms with Crippen LogP contribution in [0.2, 0.25) is 0 Å². The number of fused-ring (bicyclic) bond motifs is 1. The van der Waals surface area contributed by atoms with Gasteiger partial charge in [-0.2, -0.15) is 0 Å². The van der Waals surface area contributed by atoms with Crippen molar-refractivity contribution in [3.63, 3.8) is 0 Å². The van der Waals surface area contributed by atoms with Crippen LogP contribution in [-0.4, -0.2) is 46.2 Å². The molecule has 3 aromatic rings. The van der Waals surface area contributed by atoms with E-state index in [0.717, 1.165) is 41.7 Å². The summed E-state index contributed by atoms with van der Waals surface area (Å²) >= 11 is 3.42. The third-order valence-electron chi connectivity index (χ3n) is 6.97. The molecule has 0 bridgehead atoms. The Kier molecular flexibility index (Phi) is 6.50. The third kappa shape index (κ3) is 4.64. The molecule has 3 heterocycles. The summed E-state index contributed by atoms with van der Waals surface area (Å²) in [6, 6.07) is 19.7. The fraction of sp³-hybridized carbons (Fsp3) is 0.321. The number of carbonyl (C=O) groups is 2. The maximum atomic E-state index is 13.6. The number of rotatable bonds is 3. The standard InChI is InChI=1S/C28H28BrN3O2/c1-19-6-11-25(28(34)32-17-12-20-4-2-3-5-23(20)18-32)26(30-19)21-13-15-31(16-14-21)27(33)22-7-9-24(29)10-8-22/h2-11,21H,12-18H2,1H3. The molecule has 0 radical (unpaired) electrons. The van der Waals surface area contributed by atoms with E-state index in [0.29, 0.717) is 30.8 Å². The van der Waals surface area contributed by atoms with Gasteiger partial charge in [0.25, 0.3) is 11.8 Å². The Morgan fingerprint density at radius 2 is 1.56 bits per heavy atom. The van der Waals surface area contributed by atoms with Crippen molar-refractivity contribution in [2.24, 2.45) is 0 Å². The molecule has 1 saturated heterocycles. The minimum Gasteiger partial charge on any atom is -0.339 e. The number of hydrogen-bond donors (Lipinski definition) is 0. The SMILES string of the molecule is Cc1ccc(C(=O)N2CCc3ccccc3C2)c(C2CCN(C(=O)c3ccc(Br)cc3)CC2)n1. The molecule has 5 nitrogen and oxygen atoms in total. The first-order valence-corrected chi connectivity index (χ1v) is 12.7. The van der Waals surface area contributed by atoms with Gasteiger partial charge in [0.15, 0.2) is 0 Å². The number of pyridine rings is 1. The predicted molar refractivity (Wildman–Crippen MR) is 136 cm³/mol. The zero-order valence-corrected chi connectivity index (χ0v) is 20.9. The van der Waals surface area contributed by atoms with Crippen LogP contribution < -0.4 is 0 Å². The number of piperidine rings is 1. The summed E-state index contributed by atoms with van der Waals surface area (Å²) < 4.78 is 0.961. The van der Waals surface area contributed by atoms with Gasteiger partial charge in [-0.25, -0.2) is 0 Å². The fourth-order valence-corrected chi connectivity index (χ4v) is 5.30. The van der Waals surface area contributed by atoms with Crippen molar-refractivity contribution < 1.29 is 9.59 Å². The van der Waals surface area contributed by atoms with Crippen LogP contribution in [0.15, 0.2) is 65.1 Å². The molecule has 2 aliphatic heterocycles. The van der Waals surface area contributed by atoms with Gasteiger partial charge in [-0.15, -0.1) is 0 Å². The molecule has 0 unspecified atom stereocenters. The number of aromatic nitrogens is 1. The smallest absolute Gasteiger partial charge is 0.256 e. The minimum atomic E-state index is 0.0605. The fourth-order valence-electron chi connectivity index (χ4n) is 5.04. The van der Waals surface area contributed by atoms with Crippen molar-refractivity contribution in [1.82, 2.24) is 14.8 Å². The Hall–Kier alpha value is -2.99. The van der Waals surface area contributed by atoms with Crippen molar-refractivity contribution in [3.8, 4) is 0 Å². The monoisotopic (exact) mass is 517 g/mol. The summed E-state index contributed by atoms with van der Waals surface area (Å²) in [5.41, 5.74) is 5.78. The summed E-state index contributed by atoms with van der Waals surface area (Å²) in [7, 11) is 0. The second kappa shape index (κ2) is 9.71. The highest BCUT2D eigenvalue weighted by Gasteiger charge is 2.30. The third-order valence-corrected chi connectivity index (χ3v) is 7.50. The summed E-state index contributed by atoms with van der Waals surface area (Å²) in [5, 5.41) is 0. The van der Waals surface area contributed by atoms with Crippen molar-refractivity contribution >= 4 is 27.7 Å². The maximum Gasteiger partial charge on any atom is 0.256 e. The van der Waals surface area contributed by atoms with Crippen molar-refractivity contribution in [1.29, 1.82) is 0 Å². The van der Waals surface area contributed by atoms with Crippen LogP contribution >= 0.6 is 15.9 Å². The molecule has 0 atom stereocenters. The van der Waals surface area contributed by atoms with Crippen LogP contribution in [0.1, 0.15) is 62.0 Å². The van der Waals surface area contributed by atoms with E-state index >= 15 is 0 Å². The molecule has 0 N–H and O–H groups in total. The van der Waals surface area contributed by atoms with Gasteiger partial charge in [-0.05, 0) is 73.7 Å². The molecule has 2 aromatic carbocycles. The zero-order chi connectivity index (χ0) is 23.7. The number of aryl methyl sites for hydroxylation is 1. The van der Waals surface area contributed by atoms with Crippen LogP contribution in [0, 0.1) is 6.92 Å². The lowest BCUT2D eigenvalue weighted by atomic mass is 9.89. The average molecular weight is 518 g/mol. The lowest BCUT2D eigenvalue weighted by Crippen LogP contribution is -2.39. The molecule has 6 heteroatoms. The van der Waals surface area contributed by atoms with Gasteiger partial charge >= 0.3 is 0 Å². The van der Waals surface area contributed by atoms with E-state index in [9.17, 15) is 9.59 Å². The van der Waals surface area contributed by atoms with Crippen molar-refractivity contribution in [2.75, 3.05) is 19.6 Å². The van der Waals surface area contributed by atoms with Crippen LogP contribution in [-0.2, 0) is 13.0 Å². The van der Waals surface area contributed by atoms with Gasteiger partial charge in [-0.3, -0.25) is 14.6 Å². The Morgan fingerprint density at radius 3 is 2.29 bits per heavy atom. The molecule has 1 fully saturated rings. The quantitative estimate of drug-likeness (QED) is 0.469. The minimum absolute atomic E-state index is 0.0605. The molecule has 174 valence electrons. The highest BCUT2D eigenvalue weighted by molar-refractivity contribution is 9.10. The number of carbonyl (C=O) groups excluding carboxylic acids is 2. The Bertz CT molecular complexity index is 1220. The van der Waals surface area contributed by atoms with Crippen molar-refractivity contribution in [2.45, 2.75) is 38.6 Å². The van der Waals surface area contributed by atoms with Crippen molar-refractivity contribution in [3.05, 3.63) is 98.8 Å². The Balaban J connectivity index is 1.31. The van der Waals surface area contributed by atoms with E-state index < -0.39 is 0 Å². The number of amides is 2. The van der Waals surface area contributed by atoms with Gasteiger partial charge in [0.2, 0.25) is 0 Å². The molecular weight excluding hydrogens is 490 g/mol. The van der Waals surface area contributed by atoms with E-state index in [1.165, 1.54) is 11.1 Å². The first kappa shape index (κ1) is 22.8. The first-order chi connectivity index (χ1) is 16.5. The number of benzene rings is 2. The van der Waals surface area contributed by atoms with Gasteiger partial charge in [-0.1, -0.05) is 40.2 Å². The average Bonchev–Trinajstić information content (AvgIpc) is 2.88. The lowest BCUT2D eigenvalue weighted by molar-refractivity contribution is 0.0699. The number of nitrogens with zero attached hydrogens (tertiary/aromatic N) is 3. The maximum absolute atomic E-state index is 13.6. The van der Waals surface area contributed by atoms with Gasteiger partial charge in [0, 0.05) is 47.8 Å². The number of halogens is 1. The zero-order valence-electron chi connectivity index (χ0n) is 19.3. The molecule has 1 aromatic heterocycles. The van der Waals surface area contributed by atoms with Crippen LogP contribution in [0.5, 0.6) is 0 Å². The van der Waals surface area contributed by atoms with Crippen LogP contribution in [0.4, 0.5) is 0 Å². The molecular formula is C28H28BrN3O2. The molecule has 2 aliphatic rings. The van der Waals surface area contributed by atoms with E-state index in [4.69, 9.17) is 4.98 Å². The second-order valence-electron chi connectivity index (χ2n) is 9.20. The summed E-state index contributed by atoms with van der Waals surface area (Å²) in [6.07, 6.45) is 2.50. The second-order valence-corrected chi connectivity index (χ2v) is 10.1. The first-order valence-electron chi connectivity index (χ1n) is 11.9. The topological polar surface area (TPSA) is 53.5 Å². The molecule has 2 amide bonds. The highest BCUT2D eigenvalue weighted by Crippen LogP contribution is 2.31. The molecule has 5 rings (SSSR count). The van der Waals surface area contributed by atoms with Gasteiger partial charge < -0.3 is 9.80 Å². The highest BCUT2D eigenvalue weighted by atomic mass is 79.9. The molecule has 34 heavy (non-hydrogen) atoms. The van der Waals surface area contributed by atoms with Gasteiger partial charge in [0.05, 0.1) is 11.3 Å².